The minimum atomic E-state index is -0.736. The Balaban J connectivity index is 3.85. The highest BCUT2D eigenvalue weighted by molar-refractivity contribution is 5.82. The van der Waals surface area contributed by atoms with Crippen LogP contribution in [0.15, 0.2) is 0 Å². The molecule has 0 fully saturated rings. The average Bonchev–Trinajstić information content (AvgIpc) is 2.11. The van der Waals surface area contributed by atoms with Gasteiger partial charge in [0.1, 0.15) is 0 Å². The molecule has 0 aromatic rings. The lowest BCUT2D eigenvalue weighted by Gasteiger charge is -2.20. The number of aliphatic hydroxyl groups is 1. The van der Waals surface area contributed by atoms with Crippen LogP contribution in [0.5, 0.6) is 0 Å². The van der Waals surface area contributed by atoms with Crippen molar-refractivity contribution in [1.82, 2.24) is 5.32 Å². The van der Waals surface area contributed by atoms with Gasteiger partial charge in [0.2, 0.25) is 11.8 Å². The molecule has 0 rings (SSSR count). The number of hydrogen-bond acceptors (Lipinski definition) is 3. The zero-order chi connectivity index (χ0) is 12.1. The second-order valence-electron chi connectivity index (χ2n) is 4.41. The first-order valence-electron chi connectivity index (χ1n) is 5.00. The van der Waals surface area contributed by atoms with Crippen molar-refractivity contribution in [2.45, 2.75) is 39.7 Å². The molecule has 0 saturated heterocycles. The van der Waals surface area contributed by atoms with Crippen molar-refractivity contribution in [2.75, 3.05) is 6.54 Å². The van der Waals surface area contributed by atoms with E-state index in [1.165, 1.54) is 0 Å². The third-order valence-electron chi connectivity index (χ3n) is 2.18. The number of carbonyl (C=O) groups excluding carboxylic acids is 2. The Morgan fingerprint density at radius 1 is 1.47 bits per heavy atom. The fourth-order valence-corrected chi connectivity index (χ4v) is 0.835. The highest BCUT2D eigenvalue weighted by atomic mass is 16.3. The molecule has 0 radical (unpaired) electrons. The van der Waals surface area contributed by atoms with Crippen molar-refractivity contribution in [3.63, 3.8) is 0 Å². The molecule has 2 amide bonds. The molecule has 0 aromatic carbocycles. The Labute approximate surface area is 90.0 Å². The third-order valence-corrected chi connectivity index (χ3v) is 2.18. The summed E-state index contributed by atoms with van der Waals surface area (Å²) in [6.07, 6.45) is 0.190. The Morgan fingerprint density at radius 2 is 2.00 bits per heavy atom. The molecule has 0 aliphatic heterocycles. The number of hydrogen-bond donors (Lipinski definition) is 3. The van der Waals surface area contributed by atoms with Gasteiger partial charge in [-0.05, 0) is 27.2 Å². The second-order valence-corrected chi connectivity index (χ2v) is 4.41. The van der Waals surface area contributed by atoms with E-state index in [0.29, 0.717) is 6.42 Å². The quantitative estimate of drug-likeness (QED) is 0.573. The van der Waals surface area contributed by atoms with Crippen LogP contribution in [0, 0.1) is 5.41 Å². The Morgan fingerprint density at radius 3 is 2.40 bits per heavy atom. The lowest BCUT2D eigenvalue weighted by molar-refractivity contribution is -0.127. The summed E-state index contributed by atoms with van der Waals surface area (Å²) in [6.45, 7) is 5.19. The third kappa shape index (κ3) is 6.06. The van der Waals surface area contributed by atoms with Crippen molar-refractivity contribution in [3.8, 4) is 0 Å². The van der Waals surface area contributed by atoms with Crippen LogP contribution in [0.25, 0.3) is 0 Å². The zero-order valence-electron chi connectivity index (χ0n) is 9.54. The molecule has 0 saturated carbocycles. The summed E-state index contributed by atoms with van der Waals surface area (Å²) in [6, 6.07) is 0. The van der Waals surface area contributed by atoms with Crippen LogP contribution < -0.4 is 11.1 Å². The van der Waals surface area contributed by atoms with Crippen LogP contribution in [0.4, 0.5) is 0 Å². The van der Waals surface area contributed by atoms with Gasteiger partial charge >= 0.3 is 0 Å². The molecule has 15 heavy (non-hydrogen) atoms. The molecule has 0 aromatic heterocycles. The smallest absolute Gasteiger partial charge is 0.224 e. The zero-order valence-corrected chi connectivity index (χ0v) is 9.54. The van der Waals surface area contributed by atoms with Gasteiger partial charge in [-0.2, -0.15) is 0 Å². The highest BCUT2D eigenvalue weighted by Crippen LogP contribution is 2.11. The predicted molar refractivity (Wildman–Crippen MR) is 56.9 cm³/mol. The SMILES string of the molecule is CC(O)CCC(=O)NCC(C)(C)C(N)=O. The minimum absolute atomic E-state index is 0.176. The van der Waals surface area contributed by atoms with Crippen LogP contribution in [-0.4, -0.2) is 29.6 Å². The van der Waals surface area contributed by atoms with Crippen LogP contribution in [0.1, 0.15) is 33.6 Å². The molecular weight excluding hydrogens is 196 g/mol. The highest BCUT2D eigenvalue weighted by Gasteiger charge is 2.25. The van der Waals surface area contributed by atoms with E-state index in [0.717, 1.165) is 0 Å². The van der Waals surface area contributed by atoms with E-state index < -0.39 is 17.4 Å². The van der Waals surface area contributed by atoms with E-state index in [1.54, 1.807) is 20.8 Å². The fraction of sp³-hybridized carbons (Fsp3) is 0.800. The lowest BCUT2D eigenvalue weighted by atomic mass is 9.93. The van der Waals surface area contributed by atoms with E-state index in [4.69, 9.17) is 10.8 Å². The molecule has 1 unspecified atom stereocenters. The van der Waals surface area contributed by atoms with Gasteiger partial charge < -0.3 is 16.2 Å². The Hall–Kier alpha value is -1.10. The van der Waals surface area contributed by atoms with Gasteiger partial charge in [-0.25, -0.2) is 0 Å². The van der Waals surface area contributed by atoms with Crippen LogP contribution in [0.2, 0.25) is 0 Å². The molecule has 5 nitrogen and oxygen atoms in total. The Bertz CT molecular complexity index is 237. The van der Waals surface area contributed by atoms with Crippen LogP contribution >= 0.6 is 0 Å². The summed E-state index contributed by atoms with van der Waals surface area (Å²) in [5.41, 5.74) is 4.41. The molecule has 0 aliphatic rings. The van der Waals surface area contributed by atoms with Gasteiger partial charge in [-0.15, -0.1) is 0 Å². The van der Waals surface area contributed by atoms with Gasteiger partial charge in [-0.1, -0.05) is 0 Å². The molecule has 88 valence electrons. The maximum absolute atomic E-state index is 11.2. The molecule has 0 spiro atoms. The topological polar surface area (TPSA) is 92.4 Å². The molecule has 0 heterocycles. The van der Waals surface area contributed by atoms with Crippen molar-refractivity contribution in [1.29, 1.82) is 0 Å². The molecule has 5 heteroatoms. The number of primary amides is 1. The summed E-state index contributed by atoms with van der Waals surface area (Å²) in [5.74, 6) is -0.622. The van der Waals surface area contributed by atoms with E-state index >= 15 is 0 Å². The summed E-state index contributed by atoms with van der Waals surface area (Å²) in [7, 11) is 0. The summed E-state index contributed by atoms with van der Waals surface area (Å²) < 4.78 is 0. The first-order valence-corrected chi connectivity index (χ1v) is 5.00. The summed E-state index contributed by atoms with van der Waals surface area (Å²) in [5, 5.41) is 11.6. The molecule has 0 bridgehead atoms. The van der Waals surface area contributed by atoms with E-state index in [2.05, 4.69) is 5.32 Å². The van der Waals surface area contributed by atoms with Crippen LogP contribution in [-0.2, 0) is 9.59 Å². The first kappa shape index (κ1) is 13.9. The van der Waals surface area contributed by atoms with Gasteiger partial charge in [0.05, 0.1) is 11.5 Å². The normalized spacial score (nSPS) is 13.3. The average molecular weight is 216 g/mol. The number of nitrogens with one attached hydrogen (secondary N) is 1. The largest absolute Gasteiger partial charge is 0.393 e. The van der Waals surface area contributed by atoms with Gasteiger partial charge in [0, 0.05) is 13.0 Å². The minimum Gasteiger partial charge on any atom is -0.393 e. The molecule has 0 aliphatic carbocycles. The van der Waals surface area contributed by atoms with Crippen molar-refractivity contribution in [3.05, 3.63) is 0 Å². The number of nitrogens with two attached hydrogens (primary N) is 1. The van der Waals surface area contributed by atoms with Gasteiger partial charge in [0.25, 0.3) is 0 Å². The van der Waals surface area contributed by atoms with E-state index in [9.17, 15) is 9.59 Å². The maximum atomic E-state index is 11.2. The van der Waals surface area contributed by atoms with Crippen LogP contribution in [0.3, 0.4) is 0 Å². The van der Waals surface area contributed by atoms with E-state index in [-0.39, 0.29) is 18.9 Å². The lowest BCUT2D eigenvalue weighted by Crippen LogP contribution is -2.42. The van der Waals surface area contributed by atoms with E-state index in [1.807, 2.05) is 0 Å². The van der Waals surface area contributed by atoms with Crippen molar-refractivity contribution in [2.24, 2.45) is 11.1 Å². The van der Waals surface area contributed by atoms with Crippen molar-refractivity contribution >= 4 is 11.8 Å². The number of aliphatic hydroxyl groups excluding tert-OH is 1. The Kier molecular flexibility index (Phi) is 5.28. The van der Waals surface area contributed by atoms with Gasteiger partial charge in [-0.3, -0.25) is 9.59 Å². The maximum Gasteiger partial charge on any atom is 0.224 e. The molecular formula is C10H20N2O3. The molecule has 4 N–H and O–H groups in total. The summed E-state index contributed by atoms with van der Waals surface area (Å²) >= 11 is 0. The number of rotatable bonds is 6. The number of amides is 2. The van der Waals surface area contributed by atoms with Gasteiger partial charge in [0.15, 0.2) is 0 Å². The first-order chi connectivity index (χ1) is 6.75. The number of carbonyl (C=O) groups is 2. The standard InChI is InChI=1S/C10H20N2O3/c1-7(13)4-5-8(14)12-6-10(2,3)9(11)15/h7,13H,4-6H2,1-3H3,(H2,11,15)(H,12,14). The summed E-state index contributed by atoms with van der Waals surface area (Å²) in [4.78, 5) is 22.2. The monoisotopic (exact) mass is 216 g/mol. The fourth-order valence-electron chi connectivity index (χ4n) is 0.835. The second kappa shape index (κ2) is 5.70. The van der Waals surface area contributed by atoms with Crippen molar-refractivity contribution < 1.29 is 14.7 Å². The predicted octanol–water partition coefficient (Wildman–Crippen LogP) is -0.225. The molecule has 1 atom stereocenters.